The van der Waals surface area contributed by atoms with Crippen LogP contribution in [0.2, 0.25) is 0 Å². The number of esters is 3. The van der Waals surface area contributed by atoms with E-state index >= 15 is 0 Å². The van der Waals surface area contributed by atoms with E-state index in [-0.39, 0.29) is 58.9 Å². The van der Waals surface area contributed by atoms with Crippen LogP contribution < -0.4 is 0 Å². The van der Waals surface area contributed by atoms with Crippen molar-refractivity contribution in [1.29, 1.82) is 0 Å². The molecule has 0 amide bonds. The van der Waals surface area contributed by atoms with E-state index in [4.69, 9.17) is 29.5 Å². The predicted octanol–water partition coefficient (Wildman–Crippen LogP) is -0.0602. The molecule has 0 unspecified atom stereocenters. The molecule has 0 aliphatic rings. The maximum absolute atomic E-state index is 11.3. The third kappa shape index (κ3) is 12.6. The van der Waals surface area contributed by atoms with Crippen molar-refractivity contribution in [3.63, 3.8) is 0 Å². The molecule has 0 fully saturated rings. The van der Waals surface area contributed by atoms with Gasteiger partial charge in [0.25, 0.3) is 0 Å². The number of hydrogen-bond donors (Lipinski definition) is 3. The fraction of sp³-hybridized carbons (Fsp3) is 0.824. The van der Waals surface area contributed by atoms with Crippen LogP contribution in [0.25, 0.3) is 0 Å². The van der Waals surface area contributed by atoms with Crippen molar-refractivity contribution in [3.05, 3.63) is 0 Å². The minimum absolute atomic E-state index is 0.0751. The summed E-state index contributed by atoms with van der Waals surface area (Å²) in [6, 6.07) is 0. The summed E-state index contributed by atoms with van der Waals surface area (Å²) in [5, 5.41) is 26.1. The third-order valence-corrected chi connectivity index (χ3v) is 3.85. The number of aliphatic hydroxyl groups excluding tert-OH is 3. The molecule has 0 spiro atoms. The number of aliphatic hydroxyl groups is 3. The maximum Gasteiger partial charge on any atom is 0.308 e. The van der Waals surface area contributed by atoms with Crippen LogP contribution in [-0.2, 0) is 28.6 Å². The number of carbonyl (C=O) groups excluding carboxylic acids is 3. The van der Waals surface area contributed by atoms with Crippen molar-refractivity contribution < 1.29 is 43.9 Å². The van der Waals surface area contributed by atoms with E-state index in [1.807, 2.05) is 6.92 Å². The Labute approximate surface area is 153 Å². The Bertz CT molecular complexity index is 363. The summed E-state index contributed by atoms with van der Waals surface area (Å²) in [7, 11) is 0. The highest BCUT2D eigenvalue weighted by atomic mass is 16.5. The summed E-state index contributed by atoms with van der Waals surface area (Å²) in [4.78, 5) is 33.9. The van der Waals surface area contributed by atoms with Gasteiger partial charge in [0.15, 0.2) is 0 Å². The van der Waals surface area contributed by atoms with E-state index in [9.17, 15) is 14.4 Å². The zero-order chi connectivity index (χ0) is 19.8. The van der Waals surface area contributed by atoms with Crippen LogP contribution in [0.1, 0.15) is 45.4 Å². The molecule has 0 aliphatic heterocycles. The fourth-order valence-corrected chi connectivity index (χ4v) is 2.10. The molecule has 0 saturated heterocycles. The molecular weight excluding hydrogens is 348 g/mol. The average molecular weight is 378 g/mol. The molecule has 0 rings (SSSR count). The smallest absolute Gasteiger partial charge is 0.308 e. The van der Waals surface area contributed by atoms with Crippen molar-refractivity contribution in [1.82, 2.24) is 0 Å². The van der Waals surface area contributed by atoms with E-state index in [0.29, 0.717) is 19.3 Å². The van der Waals surface area contributed by atoms with Crippen LogP contribution in [0.15, 0.2) is 0 Å². The Morgan fingerprint density at radius 2 is 0.923 bits per heavy atom. The van der Waals surface area contributed by atoms with Gasteiger partial charge in [-0.15, -0.1) is 0 Å². The first kappa shape index (κ1) is 24.3. The van der Waals surface area contributed by atoms with Gasteiger partial charge in [0.2, 0.25) is 0 Å². The van der Waals surface area contributed by atoms with Crippen LogP contribution in [0.4, 0.5) is 0 Å². The van der Waals surface area contributed by atoms with Crippen molar-refractivity contribution >= 4 is 17.9 Å². The normalized spacial score (nSPS) is 11.1. The fourth-order valence-electron chi connectivity index (χ4n) is 2.10. The van der Waals surface area contributed by atoms with Crippen molar-refractivity contribution in [3.8, 4) is 0 Å². The highest BCUT2D eigenvalue weighted by Gasteiger charge is 2.26. The topological polar surface area (TPSA) is 140 Å². The second-order valence-electron chi connectivity index (χ2n) is 6.14. The lowest BCUT2D eigenvalue weighted by atomic mass is 9.81. The van der Waals surface area contributed by atoms with Gasteiger partial charge in [-0.25, -0.2) is 0 Å². The van der Waals surface area contributed by atoms with Gasteiger partial charge in [-0.05, 0) is 24.7 Å². The first-order valence-electron chi connectivity index (χ1n) is 8.66. The number of ether oxygens (including phenoxy) is 3. The molecule has 0 aliphatic carbocycles. The van der Waals surface area contributed by atoms with E-state index in [1.54, 1.807) is 0 Å². The Morgan fingerprint density at radius 3 is 1.15 bits per heavy atom. The van der Waals surface area contributed by atoms with Gasteiger partial charge in [-0.1, -0.05) is 6.92 Å². The third-order valence-electron chi connectivity index (χ3n) is 3.85. The molecule has 0 heterocycles. The van der Waals surface area contributed by atoms with Gasteiger partial charge in [0.1, 0.15) is 0 Å². The van der Waals surface area contributed by atoms with Crippen LogP contribution in [0.5, 0.6) is 0 Å². The number of hydrogen-bond acceptors (Lipinski definition) is 9. The standard InChI is InChI=1S/C17H30O9/c1-17(5-11-24-14(21)2-8-18,6-12-25-15(22)3-9-19)7-13-26-16(23)4-10-20/h18-20H,2-13H2,1H3. The molecule has 0 radical (unpaired) electrons. The Hall–Kier alpha value is -1.71. The van der Waals surface area contributed by atoms with Crippen LogP contribution in [0.3, 0.4) is 0 Å². The average Bonchev–Trinajstić information content (AvgIpc) is 2.55. The van der Waals surface area contributed by atoms with Gasteiger partial charge in [-0.3, -0.25) is 14.4 Å². The minimum atomic E-state index is -0.501. The largest absolute Gasteiger partial charge is 0.466 e. The molecule has 0 saturated carbocycles. The molecule has 0 aromatic rings. The Morgan fingerprint density at radius 1 is 0.654 bits per heavy atom. The molecule has 0 aromatic carbocycles. The van der Waals surface area contributed by atoms with E-state index in [0.717, 1.165) is 0 Å². The maximum atomic E-state index is 11.3. The van der Waals surface area contributed by atoms with Crippen LogP contribution in [-0.4, -0.2) is 72.9 Å². The van der Waals surface area contributed by atoms with Gasteiger partial charge in [-0.2, -0.15) is 0 Å². The minimum Gasteiger partial charge on any atom is -0.466 e. The summed E-state index contributed by atoms with van der Waals surface area (Å²) in [5.74, 6) is -1.50. The quantitative estimate of drug-likeness (QED) is 0.264. The first-order valence-corrected chi connectivity index (χ1v) is 8.66. The molecule has 152 valence electrons. The summed E-state index contributed by atoms with van der Waals surface area (Å²) in [5.41, 5.74) is -0.418. The second kappa shape index (κ2) is 14.5. The summed E-state index contributed by atoms with van der Waals surface area (Å²) >= 11 is 0. The molecule has 3 N–H and O–H groups in total. The molecule has 26 heavy (non-hydrogen) atoms. The highest BCUT2D eigenvalue weighted by molar-refractivity contribution is 5.70. The zero-order valence-corrected chi connectivity index (χ0v) is 15.3. The molecule has 0 atom stereocenters. The van der Waals surface area contributed by atoms with Crippen LogP contribution in [0, 0.1) is 5.41 Å². The van der Waals surface area contributed by atoms with Crippen molar-refractivity contribution in [2.24, 2.45) is 5.41 Å². The lowest BCUT2D eigenvalue weighted by molar-refractivity contribution is -0.146. The number of rotatable bonds is 15. The molecular formula is C17H30O9. The first-order chi connectivity index (χ1) is 12.4. The van der Waals surface area contributed by atoms with Crippen LogP contribution >= 0.6 is 0 Å². The predicted molar refractivity (Wildman–Crippen MR) is 89.9 cm³/mol. The Balaban J connectivity index is 4.45. The highest BCUT2D eigenvalue weighted by Crippen LogP contribution is 2.30. The van der Waals surface area contributed by atoms with E-state index in [1.165, 1.54) is 0 Å². The van der Waals surface area contributed by atoms with E-state index < -0.39 is 23.3 Å². The number of carbonyl (C=O) groups is 3. The summed E-state index contributed by atoms with van der Waals surface area (Å²) in [6.07, 6.45) is 1.15. The van der Waals surface area contributed by atoms with Gasteiger partial charge >= 0.3 is 17.9 Å². The van der Waals surface area contributed by atoms with Gasteiger partial charge < -0.3 is 29.5 Å². The molecule has 9 heteroatoms. The molecule has 9 nitrogen and oxygen atoms in total. The monoisotopic (exact) mass is 378 g/mol. The summed E-state index contributed by atoms with van der Waals surface area (Å²) < 4.78 is 15.1. The van der Waals surface area contributed by atoms with Gasteiger partial charge in [0, 0.05) is 0 Å². The molecule has 0 aromatic heterocycles. The summed E-state index contributed by atoms with van der Waals surface area (Å²) in [6.45, 7) is 1.44. The van der Waals surface area contributed by atoms with E-state index in [2.05, 4.69) is 0 Å². The molecule has 0 bridgehead atoms. The van der Waals surface area contributed by atoms with Crippen molar-refractivity contribution in [2.75, 3.05) is 39.6 Å². The lowest BCUT2D eigenvalue weighted by Crippen LogP contribution is -2.25. The second-order valence-corrected chi connectivity index (χ2v) is 6.14. The lowest BCUT2D eigenvalue weighted by Gasteiger charge is -2.29. The van der Waals surface area contributed by atoms with Gasteiger partial charge in [0.05, 0.1) is 58.9 Å². The Kier molecular flexibility index (Phi) is 13.5. The van der Waals surface area contributed by atoms with Crippen molar-refractivity contribution in [2.45, 2.75) is 45.4 Å². The zero-order valence-electron chi connectivity index (χ0n) is 15.3. The SMILES string of the molecule is CC(CCOC(=O)CCO)(CCOC(=O)CCO)CCOC(=O)CCO.